The van der Waals surface area contributed by atoms with E-state index in [-0.39, 0.29) is 19.4 Å². The van der Waals surface area contributed by atoms with Gasteiger partial charge in [-0.2, -0.15) is 8.42 Å². The minimum atomic E-state index is -4.36. The highest BCUT2D eigenvalue weighted by atomic mass is 32.2. The number of esters is 1. The fourth-order valence-electron chi connectivity index (χ4n) is 0.871. The minimum Gasteiger partial charge on any atom is -0.462 e. The molecule has 88 valence electrons. The summed E-state index contributed by atoms with van der Waals surface area (Å²) in [6.45, 7) is 4.50. The molecule has 0 saturated carbocycles. The Bertz CT molecular complexity index is 337. The highest BCUT2D eigenvalue weighted by Crippen LogP contribution is 2.18. The van der Waals surface area contributed by atoms with E-state index < -0.39 is 21.0 Å². The van der Waals surface area contributed by atoms with Gasteiger partial charge >= 0.3 is 5.97 Å². The van der Waals surface area contributed by atoms with Gasteiger partial charge in [-0.15, -0.1) is 0 Å². The van der Waals surface area contributed by atoms with E-state index in [1.807, 2.05) is 0 Å². The average molecular weight is 237 g/mol. The van der Waals surface area contributed by atoms with E-state index in [0.717, 1.165) is 6.08 Å². The lowest BCUT2D eigenvalue weighted by Crippen LogP contribution is -2.47. The Labute approximate surface area is 88.8 Å². The molecule has 7 heteroatoms. The van der Waals surface area contributed by atoms with E-state index >= 15 is 0 Å². The van der Waals surface area contributed by atoms with Crippen molar-refractivity contribution in [3.8, 4) is 0 Å². The standard InChI is InChI=1S/C8H15NO5S/c1-3-7(10)14-6-5-8(9,4-2)15(11,12)13/h3H,1,4-6,9H2,2H3,(H,11,12,13). The molecule has 15 heavy (non-hydrogen) atoms. The first-order valence-electron chi connectivity index (χ1n) is 4.32. The number of carbonyl (C=O) groups is 1. The van der Waals surface area contributed by atoms with Crippen molar-refractivity contribution in [2.24, 2.45) is 5.73 Å². The van der Waals surface area contributed by atoms with Crippen LogP contribution in [0.1, 0.15) is 19.8 Å². The Morgan fingerprint density at radius 3 is 2.53 bits per heavy atom. The molecule has 3 N–H and O–H groups in total. The molecule has 0 spiro atoms. The Morgan fingerprint density at radius 1 is 1.67 bits per heavy atom. The van der Waals surface area contributed by atoms with Gasteiger partial charge < -0.3 is 10.5 Å². The SMILES string of the molecule is C=CC(=O)OCCC(N)(CC)S(=O)(=O)O. The lowest BCUT2D eigenvalue weighted by Gasteiger charge is -2.23. The Hall–Kier alpha value is -0.920. The predicted octanol–water partition coefficient (Wildman–Crippen LogP) is 0.0585. The molecule has 0 fully saturated rings. The maximum atomic E-state index is 10.9. The summed E-state index contributed by atoms with van der Waals surface area (Å²) in [7, 11) is -4.36. The summed E-state index contributed by atoms with van der Waals surface area (Å²) in [5.74, 6) is -0.663. The monoisotopic (exact) mass is 237 g/mol. The maximum absolute atomic E-state index is 10.9. The van der Waals surface area contributed by atoms with Crippen LogP contribution in [0.3, 0.4) is 0 Å². The molecular formula is C8H15NO5S. The summed E-state index contributed by atoms with van der Waals surface area (Å²) in [5.41, 5.74) is 5.45. The zero-order chi connectivity index (χ0) is 12.1. The fourth-order valence-corrected chi connectivity index (χ4v) is 1.58. The van der Waals surface area contributed by atoms with Gasteiger partial charge in [0, 0.05) is 12.5 Å². The molecule has 0 aromatic rings. The number of hydrogen-bond donors (Lipinski definition) is 2. The van der Waals surface area contributed by atoms with Crippen LogP contribution < -0.4 is 5.73 Å². The summed E-state index contributed by atoms with van der Waals surface area (Å²) in [5, 5.41) is 0. The van der Waals surface area contributed by atoms with Crippen LogP contribution >= 0.6 is 0 Å². The molecule has 6 nitrogen and oxygen atoms in total. The van der Waals surface area contributed by atoms with Crippen molar-refractivity contribution in [2.75, 3.05) is 6.61 Å². The molecule has 0 aliphatic carbocycles. The Kier molecular flexibility index (Phi) is 4.92. The third-order valence-corrected chi connectivity index (χ3v) is 3.57. The van der Waals surface area contributed by atoms with Gasteiger partial charge in [0.25, 0.3) is 10.1 Å². The van der Waals surface area contributed by atoms with Crippen LogP contribution in [0.4, 0.5) is 0 Å². The van der Waals surface area contributed by atoms with Gasteiger partial charge in [0.05, 0.1) is 6.61 Å². The first kappa shape index (κ1) is 14.1. The number of rotatable bonds is 6. The molecule has 0 aromatic carbocycles. The lowest BCUT2D eigenvalue weighted by molar-refractivity contribution is -0.138. The maximum Gasteiger partial charge on any atom is 0.330 e. The quantitative estimate of drug-likeness (QED) is 0.384. The van der Waals surface area contributed by atoms with E-state index in [0.29, 0.717) is 0 Å². The second-order valence-electron chi connectivity index (χ2n) is 3.02. The van der Waals surface area contributed by atoms with E-state index in [1.54, 1.807) is 0 Å². The van der Waals surface area contributed by atoms with Crippen LogP contribution in [0.2, 0.25) is 0 Å². The fraction of sp³-hybridized carbons (Fsp3) is 0.625. The minimum absolute atomic E-state index is 0.0253. The highest BCUT2D eigenvalue weighted by molar-refractivity contribution is 7.87. The van der Waals surface area contributed by atoms with Crippen molar-refractivity contribution in [1.82, 2.24) is 0 Å². The molecule has 1 atom stereocenters. The normalized spacial score (nSPS) is 15.4. The number of ether oxygens (including phenoxy) is 1. The van der Waals surface area contributed by atoms with Crippen molar-refractivity contribution >= 4 is 16.1 Å². The summed E-state index contributed by atoms with van der Waals surface area (Å²) < 4.78 is 35.2. The summed E-state index contributed by atoms with van der Waals surface area (Å²) >= 11 is 0. The van der Waals surface area contributed by atoms with E-state index in [9.17, 15) is 13.2 Å². The molecule has 0 aromatic heterocycles. The molecule has 0 heterocycles. The van der Waals surface area contributed by atoms with Gasteiger partial charge in [0.2, 0.25) is 0 Å². The molecule has 0 radical (unpaired) electrons. The molecule has 1 unspecified atom stereocenters. The van der Waals surface area contributed by atoms with Crippen LogP contribution in [0, 0.1) is 0 Å². The molecule has 0 aliphatic rings. The number of hydrogen-bond acceptors (Lipinski definition) is 5. The first-order chi connectivity index (χ1) is 6.77. The van der Waals surface area contributed by atoms with Gasteiger partial charge in [-0.05, 0) is 6.42 Å². The molecule has 0 saturated heterocycles. The van der Waals surface area contributed by atoms with Crippen molar-refractivity contribution in [1.29, 1.82) is 0 Å². The zero-order valence-corrected chi connectivity index (χ0v) is 9.29. The summed E-state index contributed by atoms with van der Waals surface area (Å²) in [4.78, 5) is 8.87. The van der Waals surface area contributed by atoms with E-state index in [4.69, 9.17) is 10.3 Å². The van der Waals surface area contributed by atoms with Gasteiger partial charge in [-0.3, -0.25) is 4.55 Å². The number of nitrogens with two attached hydrogens (primary N) is 1. The zero-order valence-electron chi connectivity index (χ0n) is 8.47. The summed E-state index contributed by atoms with van der Waals surface area (Å²) in [6.07, 6.45) is 0.816. The Morgan fingerprint density at radius 2 is 2.20 bits per heavy atom. The first-order valence-corrected chi connectivity index (χ1v) is 5.76. The molecule has 0 bridgehead atoms. The third-order valence-electron chi connectivity index (χ3n) is 2.05. The smallest absolute Gasteiger partial charge is 0.330 e. The molecular weight excluding hydrogens is 222 g/mol. The highest BCUT2D eigenvalue weighted by Gasteiger charge is 2.36. The average Bonchev–Trinajstić information content (AvgIpc) is 2.15. The molecule has 0 rings (SSSR count). The van der Waals surface area contributed by atoms with Crippen LogP contribution in [0.25, 0.3) is 0 Å². The van der Waals surface area contributed by atoms with Crippen molar-refractivity contribution < 1.29 is 22.5 Å². The van der Waals surface area contributed by atoms with Crippen LogP contribution in [0.15, 0.2) is 12.7 Å². The second kappa shape index (κ2) is 5.24. The Balaban J connectivity index is 4.36. The van der Waals surface area contributed by atoms with Crippen molar-refractivity contribution in [3.63, 3.8) is 0 Å². The van der Waals surface area contributed by atoms with Crippen LogP contribution in [-0.4, -0.2) is 30.4 Å². The topological polar surface area (TPSA) is 107 Å². The predicted molar refractivity (Wildman–Crippen MR) is 54.5 cm³/mol. The second-order valence-corrected chi connectivity index (χ2v) is 4.78. The molecule has 0 aliphatic heterocycles. The van der Waals surface area contributed by atoms with E-state index in [2.05, 4.69) is 11.3 Å². The largest absolute Gasteiger partial charge is 0.462 e. The summed E-state index contributed by atoms with van der Waals surface area (Å²) in [6, 6.07) is 0. The van der Waals surface area contributed by atoms with E-state index in [1.165, 1.54) is 6.92 Å². The van der Waals surface area contributed by atoms with Crippen LogP contribution in [-0.2, 0) is 19.6 Å². The van der Waals surface area contributed by atoms with Crippen molar-refractivity contribution in [2.45, 2.75) is 24.6 Å². The number of carbonyl (C=O) groups excluding carboxylic acids is 1. The van der Waals surface area contributed by atoms with Crippen molar-refractivity contribution in [3.05, 3.63) is 12.7 Å². The van der Waals surface area contributed by atoms with Crippen LogP contribution in [0.5, 0.6) is 0 Å². The molecule has 0 amide bonds. The lowest BCUT2D eigenvalue weighted by atomic mass is 10.2. The van der Waals surface area contributed by atoms with Gasteiger partial charge in [0.15, 0.2) is 0 Å². The van der Waals surface area contributed by atoms with Gasteiger partial charge in [-0.25, -0.2) is 4.79 Å². The van der Waals surface area contributed by atoms with Gasteiger partial charge in [0.1, 0.15) is 4.87 Å². The third kappa shape index (κ3) is 3.98. The van der Waals surface area contributed by atoms with Gasteiger partial charge in [-0.1, -0.05) is 13.5 Å².